The molecule has 2 saturated heterocycles. The molecule has 1 amide bonds. The summed E-state index contributed by atoms with van der Waals surface area (Å²) in [6.45, 7) is 5.62. The van der Waals surface area contributed by atoms with Crippen molar-refractivity contribution in [1.82, 2.24) is 24.6 Å². The normalized spacial score (nSPS) is 19.0. The van der Waals surface area contributed by atoms with Crippen LogP contribution in [0.25, 0.3) is 16.7 Å². The van der Waals surface area contributed by atoms with Crippen LogP contribution in [0.4, 0.5) is 10.6 Å². The highest BCUT2D eigenvalue weighted by Crippen LogP contribution is 2.32. The second-order valence-electron chi connectivity index (χ2n) is 8.21. The van der Waals surface area contributed by atoms with Crippen LogP contribution in [0.15, 0.2) is 24.4 Å². The monoisotopic (exact) mass is 438 g/mol. The molecular weight excluding hydrogens is 412 g/mol. The predicted molar refractivity (Wildman–Crippen MR) is 118 cm³/mol. The van der Waals surface area contributed by atoms with Gasteiger partial charge in [0.25, 0.3) is 0 Å². The van der Waals surface area contributed by atoms with E-state index in [0.717, 1.165) is 30.5 Å². The number of piperazine rings is 1. The van der Waals surface area contributed by atoms with Crippen molar-refractivity contribution in [2.24, 2.45) is 0 Å². The number of carbonyl (C=O) groups is 1. The number of carboxylic acid groups (broad SMARTS) is 1. The van der Waals surface area contributed by atoms with Crippen LogP contribution in [0.1, 0.15) is 23.5 Å². The number of aromatic nitrogens is 4. The topological polar surface area (TPSA) is 106 Å². The number of anilines is 1. The van der Waals surface area contributed by atoms with Gasteiger partial charge in [-0.25, -0.2) is 9.48 Å². The van der Waals surface area contributed by atoms with Gasteiger partial charge < -0.3 is 24.4 Å². The minimum Gasteiger partial charge on any atom is -0.467 e. The third kappa shape index (κ3) is 3.70. The molecule has 1 N–H and O–H groups in total. The van der Waals surface area contributed by atoms with E-state index in [0.29, 0.717) is 43.7 Å². The molecule has 10 nitrogen and oxygen atoms in total. The van der Waals surface area contributed by atoms with Gasteiger partial charge in [-0.05, 0) is 36.6 Å². The minimum absolute atomic E-state index is 0.248. The summed E-state index contributed by atoms with van der Waals surface area (Å²) in [6.07, 6.45) is 1.97. The molecule has 5 rings (SSSR count). The van der Waals surface area contributed by atoms with E-state index in [1.54, 1.807) is 0 Å². The van der Waals surface area contributed by atoms with E-state index < -0.39 is 6.09 Å². The summed E-state index contributed by atoms with van der Waals surface area (Å²) in [6, 6.07) is 6.48. The molecule has 32 heavy (non-hydrogen) atoms. The zero-order chi connectivity index (χ0) is 22.2. The zero-order valence-corrected chi connectivity index (χ0v) is 18.2. The van der Waals surface area contributed by atoms with Crippen molar-refractivity contribution in [1.29, 1.82) is 0 Å². The molecule has 168 valence electrons. The first-order valence-electron chi connectivity index (χ1n) is 10.8. The molecule has 3 aromatic rings. The Bertz CT molecular complexity index is 1150. The molecule has 10 heteroatoms. The number of hydrogen-bond donors (Lipinski definition) is 1. The summed E-state index contributed by atoms with van der Waals surface area (Å²) in [4.78, 5) is 23.7. The molecule has 4 heterocycles. The Balaban J connectivity index is 1.52. The van der Waals surface area contributed by atoms with Crippen LogP contribution < -0.4 is 9.64 Å². The minimum atomic E-state index is -0.896. The highest BCUT2D eigenvalue weighted by atomic mass is 16.5. The van der Waals surface area contributed by atoms with Crippen molar-refractivity contribution < 1.29 is 19.4 Å². The number of benzene rings is 1. The zero-order valence-electron chi connectivity index (χ0n) is 18.2. The second-order valence-corrected chi connectivity index (χ2v) is 8.21. The Morgan fingerprint density at radius 2 is 1.94 bits per heavy atom. The van der Waals surface area contributed by atoms with Crippen LogP contribution in [0.3, 0.4) is 0 Å². The van der Waals surface area contributed by atoms with Gasteiger partial charge in [0.05, 0.1) is 25.4 Å². The van der Waals surface area contributed by atoms with Crippen molar-refractivity contribution in [3.8, 4) is 11.8 Å². The number of methoxy groups -OCH3 is 1. The van der Waals surface area contributed by atoms with Crippen molar-refractivity contribution in [3.63, 3.8) is 0 Å². The van der Waals surface area contributed by atoms with Crippen LogP contribution >= 0.6 is 0 Å². The van der Waals surface area contributed by atoms with Crippen molar-refractivity contribution in [2.45, 2.75) is 19.3 Å². The molecule has 2 aliphatic rings. The smallest absolute Gasteiger partial charge is 0.407 e. The Kier molecular flexibility index (Phi) is 5.30. The number of hydrogen-bond acceptors (Lipinski definition) is 7. The van der Waals surface area contributed by atoms with Gasteiger partial charge in [-0.15, -0.1) is 0 Å². The molecule has 2 aliphatic heterocycles. The van der Waals surface area contributed by atoms with Gasteiger partial charge in [0.1, 0.15) is 5.82 Å². The molecule has 2 fully saturated rings. The average Bonchev–Trinajstić information content (AvgIpc) is 3.48. The first-order valence-corrected chi connectivity index (χ1v) is 10.8. The van der Waals surface area contributed by atoms with Crippen molar-refractivity contribution in [3.05, 3.63) is 35.5 Å². The Hall–Kier alpha value is -3.40. The summed E-state index contributed by atoms with van der Waals surface area (Å²) in [5.41, 5.74) is 3.49. The number of rotatable bonds is 4. The van der Waals surface area contributed by atoms with Gasteiger partial charge >= 0.3 is 12.1 Å². The molecule has 0 spiro atoms. The van der Waals surface area contributed by atoms with Crippen molar-refractivity contribution in [2.75, 3.05) is 51.4 Å². The molecule has 0 saturated carbocycles. The number of ether oxygens (including phenoxy) is 2. The second kappa shape index (κ2) is 8.27. The molecule has 1 unspecified atom stereocenters. The van der Waals surface area contributed by atoms with Gasteiger partial charge in [-0.1, -0.05) is 0 Å². The van der Waals surface area contributed by atoms with Crippen LogP contribution in [-0.4, -0.2) is 82.4 Å². The van der Waals surface area contributed by atoms with E-state index in [1.165, 1.54) is 23.1 Å². The highest BCUT2D eigenvalue weighted by molar-refractivity contribution is 5.82. The Morgan fingerprint density at radius 1 is 1.16 bits per heavy atom. The van der Waals surface area contributed by atoms with E-state index >= 15 is 0 Å². The Morgan fingerprint density at radius 3 is 2.62 bits per heavy atom. The lowest BCUT2D eigenvalue weighted by Gasteiger charge is -2.33. The van der Waals surface area contributed by atoms with Gasteiger partial charge in [-0.3, -0.25) is 0 Å². The third-order valence-corrected chi connectivity index (χ3v) is 6.28. The molecule has 0 bridgehead atoms. The van der Waals surface area contributed by atoms with Gasteiger partial charge in [-0.2, -0.15) is 15.1 Å². The van der Waals surface area contributed by atoms with Crippen LogP contribution in [-0.2, 0) is 4.74 Å². The maximum Gasteiger partial charge on any atom is 0.407 e. The standard InChI is InChI=1S/C22H26N6O4/c1-14-9-16-12-23-28(18(16)10-17(14)15-3-8-32-13-15)20-11-19(24-21(25-20)31-2)26-4-6-27(7-5-26)22(29)30/h9-12,15H,3-8,13H2,1-2H3,(H,29,30). The van der Waals surface area contributed by atoms with E-state index in [-0.39, 0.29) is 6.01 Å². The van der Waals surface area contributed by atoms with E-state index in [2.05, 4.69) is 34.1 Å². The third-order valence-electron chi connectivity index (χ3n) is 6.28. The highest BCUT2D eigenvalue weighted by Gasteiger charge is 2.24. The van der Waals surface area contributed by atoms with Crippen LogP contribution in [0, 0.1) is 6.92 Å². The van der Waals surface area contributed by atoms with E-state index in [1.807, 2.05) is 21.8 Å². The lowest BCUT2D eigenvalue weighted by molar-refractivity contribution is 0.142. The van der Waals surface area contributed by atoms with Gasteiger partial charge in [0.2, 0.25) is 0 Å². The summed E-state index contributed by atoms with van der Waals surface area (Å²) in [7, 11) is 1.54. The predicted octanol–water partition coefficient (Wildman–Crippen LogP) is 2.44. The fourth-order valence-electron chi connectivity index (χ4n) is 4.50. The van der Waals surface area contributed by atoms with Gasteiger partial charge in [0, 0.05) is 50.2 Å². The number of amides is 1. The first-order chi connectivity index (χ1) is 15.5. The summed E-state index contributed by atoms with van der Waals surface area (Å²) >= 11 is 0. The fourth-order valence-corrected chi connectivity index (χ4v) is 4.50. The maximum atomic E-state index is 11.2. The molecule has 0 aliphatic carbocycles. The van der Waals surface area contributed by atoms with Gasteiger partial charge in [0.15, 0.2) is 5.82 Å². The SMILES string of the molecule is COc1nc(N2CCN(C(=O)O)CC2)cc(-n2ncc3cc(C)c(C4CCOC4)cc32)n1. The molecule has 0 radical (unpaired) electrons. The number of fused-ring (bicyclic) bond motifs is 1. The molecular formula is C22H26N6O4. The fraction of sp³-hybridized carbons (Fsp3) is 0.455. The van der Waals surface area contributed by atoms with Crippen LogP contribution in [0.5, 0.6) is 6.01 Å². The number of nitrogens with zero attached hydrogens (tertiary/aromatic N) is 6. The maximum absolute atomic E-state index is 11.2. The van der Waals surface area contributed by atoms with E-state index in [4.69, 9.17) is 9.47 Å². The lowest BCUT2D eigenvalue weighted by Crippen LogP contribution is -2.48. The number of aryl methyl sites for hydroxylation is 1. The summed E-state index contributed by atoms with van der Waals surface area (Å²) < 4.78 is 12.8. The average molecular weight is 438 g/mol. The quantitative estimate of drug-likeness (QED) is 0.662. The molecule has 1 aromatic carbocycles. The van der Waals surface area contributed by atoms with Crippen LogP contribution in [0.2, 0.25) is 0 Å². The summed E-state index contributed by atoms with van der Waals surface area (Å²) in [5, 5.41) is 14.9. The molecule has 2 aromatic heterocycles. The van der Waals surface area contributed by atoms with E-state index in [9.17, 15) is 9.90 Å². The first kappa shape index (κ1) is 20.5. The molecule has 1 atom stereocenters. The largest absolute Gasteiger partial charge is 0.467 e. The van der Waals surface area contributed by atoms with Crippen molar-refractivity contribution >= 4 is 22.8 Å². The Labute approximate surface area is 185 Å². The summed E-state index contributed by atoms with van der Waals surface area (Å²) in [5.74, 6) is 1.70. The lowest BCUT2D eigenvalue weighted by atomic mass is 9.93.